The SMILES string of the molecule is COc1cccc(C=C2Oc3c(ccc4c3CN(C[C@@H]3CCCO3)CO4)C2=O)c1OC. The van der Waals surface area contributed by atoms with Crippen molar-refractivity contribution in [2.45, 2.75) is 25.5 Å². The van der Waals surface area contributed by atoms with E-state index in [0.29, 0.717) is 41.7 Å². The molecule has 1 atom stereocenters. The number of rotatable bonds is 5. The molecule has 0 aliphatic carbocycles. The lowest BCUT2D eigenvalue weighted by molar-refractivity contribution is 0.0274. The maximum Gasteiger partial charge on any atom is 0.231 e. The van der Waals surface area contributed by atoms with Crippen LogP contribution in [-0.4, -0.2) is 50.9 Å². The van der Waals surface area contributed by atoms with Crippen molar-refractivity contribution in [3.63, 3.8) is 0 Å². The summed E-state index contributed by atoms with van der Waals surface area (Å²) in [6.45, 7) is 2.79. The van der Waals surface area contributed by atoms with E-state index in [1.807, 2.05) is 24.3 Å². The highest BCUT2D eigenvalue weighted by Crippen LogP contribution is 2.43. The molecule has 3 aliphatic heterocycles. The van der Waals surface area contributed by atoms with Gasteiger partial charge in [-0.05, 0) is 37.1 Å². The second-order valence-electron chi connectivity index (χ2n) is 7.86. The third kappa shape index (κ3) is 3.64. The number of allylic oxidation sites excluding steroid dienone is 1. The first-order valence-electron chi connectivity index (χ1n) is 10.5. The molecular formula is C24H25NO6. The van der Waals surface area contributed by atoms with Gasteiger partial charge in [0.1, 0.15) is 18.2 Å². The highest BCUT2D eigenvalue weighted by Gasteiger charge is 2.34. The molecule has 1 fully saturated rings. The second kappa shape index (κ2) is 8.24. The van der Waals surface area contributed by atoms with Crippen LogP contribution >= 0.6 is 0 Å². The largest absolute Gasteiger partial charge is 0.493 e. The van der Waals surface area contributed by atoms with Crippen LogP contribution in [0.25, 0.3) is 6.08 Å². The summed E-state index contributed by atoms with van der Waals surface area (Å²) < 4.78 is 28.6. The van der Waals surface area contributed by atoms with Crippen LogP contribution in [0.1, 0.15) is 34.3 Å². The van der Waals surface area contributed by atoms with Gasteiger partial charge in [-0.3, -0.25) is 9.69 Å². The Morgan fingerprint density at radius 2 is 2.10 bits per heavy atom. The van der Waals surface area contributed by atoms with Gasteiger partial charge in [0.2, 0.25) is 5.78 Å². The first-order valence-corrected chi connectivity index (χ1v) is 10.5. The zero-order valence-electron chi connectivity index (χ0n) is 17.7. The van der Waals surface area contributed by atoms with Gasteiger partial charge >= 0.3 is 0 Å². The Balaban J connectivity index is 1.44. The van der Waals surface area contributed by atoms with Gasteiger partial charge in [0.25, 0.3) is 0 Å². The number of ether oxygens (including phenoxy) is 5. The first kappa shape index (κ1) is 19.9. The number of carbonyl (C=O) groups is 1. The summed E-state index contributed by atoms with van der Waals surface area (Å²) >= 11 is 0. The summed E-state index contributed by atoms with van der Waals surface area (Å²) in [5.41, 5.74) is 2.16. The number of Topliss-reactive ketones (excluding diaryl/α,β-unsaturated/α-hetero) is 1. The molecule has 162 valence electrons. The van der Waals surface area contributed by atoms with E-state index in [4.69, 9.17) is 23.7 Å². The summed E-state index contributed by atoms with van der Waals surface area (Å²) in [5.74, 6) is 2.58. The molecule has 31 heavy (non-hydrogen) atoms. The average Bonchev–Trinajstić information content (AvgIpc) is 3.42. The fourth-order valence-electron chi connectivity index (χ4n) is 4.36. The Hall–Kier alpha value is -3.03. The van der Waals surface area contributed by atoms with Crippen molar-refractivity contribution in [3.8, 4) is 23.0 Å². The fraction of sp³-hybridized carbons (Fsp3) is 0.375. The molecule has 1 saturated heterocycles. The van der Waals surface area contributed by atoms with Crippen LogP contribution in [-0.2, 0) is 11.3 Å². The molecule has 0 amide bonds. The van der Waals surface area contributed by atoms with E-state index in [2.05, 4.69) is 4.90 Å². The van der Waals surface area contributed by atoms with E-state index in [9.17, 15) is 4.79 Å². The van der Waals surface area contributed by atoms with Crippen molar-refractivity contribution in [2.75, 3.05) is 34.1 Å². The van der Waals surface area contributed by atoms with E-state index in [0.717, 1.165) is 37.3 Å². The van der Waals surface area contributed by atoms with Gasteiger partial charge in [0.05, 0.1) is 31.5 Å². The minimum absolute atomic E-state index is 0.154. The van der Waals surface area contributed by atoms with Crippen LogP contribution in [0.3, 0.4) is 0 Å². The predicted octanol–water partition coefficient (Wildman–Crippen LogP) is 3.65. The van der Waals surface area contributed by atoms with Gasteiger partial charge in [0, 0.05) is 25.3 Å². The molecule has 0 aromatic heterocycles. The number of hydrogen-bond donors (Lipinski definition) is 0. The standard InChI is InChI=1S/C24H25NO6/c1-27-20-7-3-5-15(23(20)28-2)11-21-22(26)17-8-9-19-18(24(17)31-21)13-25(14-30-19)12-16-6-4-10-29-16/h3,5,7-9,11,16H,4,6,10,12-14H2,1-2H3/t16-/m0/s1. The second-order valence-corrected chi connectivity index (χ2v) is 7.86. The number of carbonyl (C=O) groups excluding carboxylic acids is 1. The van der Waals surface area contributed by atoms with E-state index in [1.165, 1.54) is 0 Å². The Morgan fingerprint density at radius 3 is 2.87 bits per heavy atom. The van der Waals surface area contributed by atoms with Gasteiger partial charge in [-0.1, -0.05) is 12.1 Å². The molecule has 0 unspecified atom stereocenters. The third-order valence-electron chi connectivity index (χ3n) is 5.89. The molecule has 2 aromatic carbocycles. The molecule has 0 spiro atoms. The maximum absolute atomic E-state index is 13.1. The van der Waals surface area contributed by atoms with Crippen LogP contribution in [0.4, 0.5) is 0 Å². The number of benzene rings is 2. The normalized spacial score (nSPS) is 21.4. The molecule has 2 aromatic rings. The summed E-state index contributed by atoms with van der Waals surface area (Å²) in [5, 5.41) is 0. The number of para-hydroxylation sites is 1. The van der Waals surface area contributed by atoms with Gasteiger partial charge in [0.15, 0.2) is 17.3 Å². The summed E-state index contributed by atoms with van der Waals surface area (Å²) in [4.78, 5) is 15.3. The van der Waals surface area contributed by atoms with Gasteiger partial charge < -0.3 is 23.7 Å². The lowest BCUT2D eigenvalue weighted by Gasteiger charge is -2.31. The topological polar surface area (TPSA) is 66.5 Å². The Kier molecular flexibility index (Phi) is 5.29. The number of hydrogen-bond acceptors (Lipinski definition) is 7. The van der Waals surface area contributed by atoms with Crippen LogP contribution in [0.5, 0.6) is 23.0 Å². The molecule has 0 bridgehead atoms. The van der Waals surface area contributed by atoms with Crippen molar-refractivity contribution in [3.05, 3.63) is 52.8 Å². The van der Waals surface area contributed by atoms with E-state index in [1.54, 1.807) is 26.4 Å². The van der Waals surface area contributed by atoms with Gasteiger partial charge in [-0.2, -0.15) is 0 Å². The van der Waals surface area contributed by atoms with E-state index >= 15 is 0 Å². The Bertz CT molecular complexity index is 1040. The molecule has 7 heteroatoms. The highest BCUT2D eigenvalue weighted by atomic mass is 16.5. The average molecular weight is 423 g/mol. The number of ketones is 1. The van der Waals surface area contributed by atoms with Crippen molar-refractivity contribution >= 4 is 11.9 Å². The first-order chi connectivity index (χ1) is 15.2. The number of fused-ring (bicyclic) bond motifs is 3. The number of nitrogens with zero attached hydrogens (tertiary/aromatic N) is 1. The molecule has 0 radical (unpaired) electrons. The summed E-state index contributed by atoms with van der Waals surface area (Å²) in [6.07, 6.45) is 4.11. The smallest absolute Gasteiger partial charge is 0.231 e. The number of methoxy groups -OCH3 is 2. The van der Waals surface area contributed by atoms with E-state index in [-0.39, 0.29) is 17.6 Å². The molecule has 0 N–H and O–H groups in total. The zero-order valence-corrected chi connectivity index (χ0v) is 17.7. The van der Waals surface area contributed by atoms with Crippen LogP contribution in [0.2, 0.25) is 0 Å². The van der Waals surface area contributed by atoms with Gasteiger partial charge in [-0.15, -0.1) is 0 Å². The Morgan fingerprint density at radius 1 is 1.19 bits per heavy atom. The van der Waals surface area contributed by atoms with Crippen molar-refractivity contribution in [1.29, 1.82) is 0 Å². The van der Waals surface area contributed by atoms with Crippen molar-refractivity contribution < 1.29 is 28.5 Å². The molecular weight excluding hydrogens is 398 g/mol. The molecule has 3 aliphatic rings. The maximum atomic E-state index is 13.1. The molecule has 0 saturated carbocycles. The molecule has 7 nitrogen and oxygen atoms in total. The lowest BCUT2D eigenvalue weighted by Crippen LogP contribution is -2.37. The highest BCUT2D eigenvalue weighted by molar-refractivity contribution is 6.15. The van der Waals surface area contributed by atoms with Crippen LogP contribution in [0, 0.1) is 0 Å². The quantitative estimate of drug-likeness (QED) is 0.680. The van der Waals surface area contributed by atoms with Crippen molar-refractivity contribution in [2.24, 2.45) is 0 Å². The zero-order chi connectivity index (χ0) is 21.4. The van der Waals surface area contributed by atoms with E-state index < -0.39 is 0 Å². The molecule has 3 heterocycles. The minimum atomic E-state index is -0.154. The van der Waals surface area contributed by atoms with Crippen LogP contribution < -0.4 is 18.9 Å². The summed E-state index contributed by atoms with van der Waals surface area (Å²) in [7, 11) is 3.15. The minimum Gasteiger partial charge on any atom is -0.493 e. The van der Waals surface area contributed by atoms with Crippen molar-refractivity contribution in [1.82, 2.24) is 4.90 Å². The predicted molar refractivity (Wildman–Crippen MR) is 114 cm³/mol. The fourth-order valence-corrected chi connectivity index (χ4v) is 4.36. The third-order valence-corrected chi connectivity index (χ3v) is 5.89. The van der Waals surface area contributed by atoms with Crippen LogP contribution in [0.15, 0.2) is 36.1 Å². The molecule has 5 rings (SSSR count). The summed E-state index contributed by atoms with van der Waals surface area (Å²) in [6, 6.07) is 9.14. The lowest BCUT2D eigenvalue weighted by atomic mass is 10.0. The van der Waals surface area contributed by atoms with Gasteiger partial charge in [-0.25, -0.2) is 0 Å². The monoisotopic (exact) mass is 423 g/mol. The Labute approximate surface area is 181 Å².